The van der Waals surface area contributed by atoms with Crippen LogP contribution in [-0.4, -0.2) is 30.6 Å². The Balaban J connectivity index is 1.52. The third kappa shape index (κ3) is 2.72. The number of hydrogen-bond donors (Lipinski definition) is 0. The van der Waals surface area contributed by atoms with Gasteiger partial charge in [-0.2, -0.15) is 5.26 Å². The van der Waals surface area contributed by atoms with Crippen molar-refractivity contribution in [1.82, 2.24) is 4.90 Å². The van der Waals surface area contributed by atoms with Crippen LogP contribution in [0.15, 0.2) is 36.4 Å². The van der Waals surface area contributed by atoms with Crippen molar-refractivity contribution in [3.63, 3.8) is 0 Å². The van der Waals surface area contributed by atoms with Gasteiger partial charge in [0.2, 0.25) is 0 Å². The SMILES string of the molecule is N#Cc1ccc(C(=O)N2Cc3cc4c(cc3C3(CCCC3)C2)OCCO4)cc1. The molecule has 1 spiro atoms. The second kappa shape index (κ2) is 6.56. The molecule has 1 saturated carbocycles. The van der Waals surface area contributed by atoms with Gasteiger partial charge >= 0.3 is 0 Å². The van der Waals surface area contributed by atoms with Gasteiger partial charge in [0.25, 0.3) is 5.91 Å². The molecule has 2 aliphatic heterocycles. The zero-order valence-electron chi connectivity index (χ0n) is 15.7. The zero-order chi connectivity index (χ0) is 19.1. The molecule has 1 amide bonds. The van der Waals surface area contributed by atoms with Crippen molar-refractivity contribution in [3.8, 4) is 17.6 Å². The van der Waals surface area contributed by atoms with Crippen molar-refractivity contribution in [2.24, 2.45) is 0 Å². The molecule has 2 heterocycles. The number of amides is 1. The zero-order valence-corrected chi connectivity index (χ0v) is 15.7. The van der Waals surface area contributed by atoms with Crippen LogP contribution in [0, 0.1) is 11.3 Å². The van der Waals surface area contributed by atoms with Gasteiger partial charge in [0.15, 0.2) is 11.5 Å². The minimum absolute atomic E-state index is 0.00563. The minimum Gasteiger partial charge on any atom is -0.486 e. The first kappa shape index (κ1) is 17.1. The molecule has 1 fully saturated rings. The van der Waals surface area contributed by atoms with Gasteiger partial charge < -0.3 is 14.4 Å². The van der Waals surface area contributed by atoms with Gasteiger partial charge in [-0.1, -0.05) is 12.8 Å². The monoisotopic (exact) mass is 374 g/mol. The molecule has 3 aliphatic rings. The highest BCUT2D eigenvalue weighted by molar-refractivity contribution is 5.94. The molecule has 0 unspecified atom stereocenters. The predicted molar refractivity (Wildman–Crippen MR) is 103 cm³/mol. The molecule has 5 nitrogen and oxygen atoms in total. The second-order valence-corrected chi connectivity index (χ2v) is 7.99. The summed E-state index contributed by atoms with van der Waals surface area (Å²) >= 11 is 0. The first-order valence-electron chi connectivity index (χ1n) is 9.91. The fourth-order valence-electron chi connectivity index (χ4n) is 4.96. The lowest BCUT2D eigenvalue weighted by Gasteiger charge is -2.43. The van der Waals surface area contributed by atoms with Crippen molar-refractivity contribution in [3.05, 3.63) is 58.7 Å². The molecule has 0 N–H and O–H groups in total. The van der Waals surface area contributed by atoms with E-state index in [1.165, 1.54) is 24.0 Å². The van der Waals surface area contributed by atoms with E-state index in [1.54, 1.807) is 24.3 Å². The van der Waals surface area contributed by atoms with Crippen molar-refractivity contribution >= 4 is 5.91 Å². The van der Waals surface area contributed by atoms with Gasteiger partial charge in [-0.05, 0) is 60.4 Å². The molecule has 28 heavy (non-hydrogen) atoms. The van der Waals surface area contributed by atoms with Crippen LogP contribution in [0.5, 0.6) is 11.5 Å². The van der Waals surface area contributed by atoms with Gasteiger partial charge in [0.05, 0.1) is 11.6 Å². The van der Waals surface area contributed by atoms with Crippen LogP contribution in [0.4, 0.5) is 0 Å². The smallest absolute Gasteiger partial charge is 0.254 e. The van der Waals surface area contributed by atoms with E-state index in [0.717, 1.165) is 30.9 Å². The summed E-state index contributed by atoms with van der Waals surface area (Å²) in [5.74, 6) is 1.64. The quantitative estimate of drug-likeness (QED) is 0.762. The molecule has 0 bridgehead atoms. The molecule has 0 saturated heterocycles. The standard InChI is InChI=1S/C23H22N2O3/c24-13-16-3-5-17(6-4-16)22(26)25-14-18-11-20-21(28-10-9-27-20)12-19(18)23(15-25)7-1-2-8-23/h3-6,11-12H,1-2,7-10,14-15H2. The third-order valence-corrected chi connectivity index (χ3v) is 6.30. The van der Waals surface area contributed by atoms with Crippen molar-refractivity contribution in [2.75, 3.05) is 19.8 Å². The number of benzene rings is 2. The molecule has 2 aromatic carbocycles. The van der Waals surface area contributed by atoms with Crippen LogP contribution >= 0.6 is 0 Å². The Kier molecular flexibility index (Phi) is 4.01. The molecule has 0 atom stereocenters. The van der Waals surface area contributed by atoms with Gasteiger partial charge in [-0.3, -0.25) is 4.79 Å². The number of fused-ring (bicyclic) bond motifs is 3. The Bertz CT molecular complexity index is 969. The highest BCUT2D eigenvalue weighted by Gasteiger charge is 2.44. The van der Waals surface area contributed by atoms with E-state index >= 15 is 0 Å². The summed E-state index contributed by atoms with van der Waals surface area (Å²) in [7, 11) is 0. The minimum atomic E-state index is 0.00563. The van der Waals surface area contributed by atoms with Gasteiger partial charge in [-0.25, -0.2) is 0 Å². The number of nitrogens with zero attached hydrogens (tertiary/aromatic N) is 2. The lowest BCUT2D eigenvalue weighted by molar-refractivity contribution is 0.0669. The lowest BCUT2D eigenvalue weighted by atomic mass is 9.73. The van der Waals surface area contributed by atoms with Crippen LogP contribution in [0.1, 0.15) is 52.7 Å². The predicted octanol–water partition coefficient (Wildman–Crippen LogP) is 3.80. The third-order valence-electron chi connectivity index (χ3n) is 6.30. The Hall–Kier alpha value is -3.00. The fraction of sp³-hybridized carbons (Fsp3) is 0.391. The van der Waals surface area contributed by atoms with Crippen molar-refractivity contribution < 1.29 is 14.3 Å². The van der Waals surface area contributed by atoms with Crippen LogP contribution in [-0.2, 0) is 12.0 Å². The first-order chi connectivity index (χ1) is 13.7. The molecule has 5 heteroatoms. The van der Waals surface area contributed by atoms with Crippen molar-refractivity contribution in [1.29, 1.82) is 5.26 Å². The average molecular weight is 374 g/mol. The average Bonchev–Trinajstić information content (AvgIpc) is 3.21. The highest BCUT2D eigenvalue weighted by atomic mass is 16.6. The topological polar surface area (TPSA) is 62.6 Å². The van der Waals surface area contributed by atoms with Crippen LogP contribution in [0.3, 0.4) is 0 Å². The van der Waals surface area contributed by atoms with Gasteiger partial charge in [0, 0.05) is 24.1 Å². The molecule has 0 radical (unpaired) electrons. The summed E-state index contributed by atoms with van der Waals surface area (Å²) in [6.45, 7) is 2.46. The molecule has 142 valence electrons. The Morgan fingerprint density at radius 2 is 1.71 bits per heavy atom. The van der Waals surface area contributed by atoms with Gasteiger partial charge in [-0.15, -0.1) is 0 Å². The normalized spacial score (nSPS) is 19.2. The van der Waals surface area contributed by atoms with Crippen LogP contribution in [0.25, 0.3) is 0 Å². The maximum Gasteiger partial charge on any atom is 0.254 e. The molecule has 0 aromatic heterocycles. The molecule has 2 aromatic rings. The van der Waals surface area contributed by atoms with E-state index in [4.69, 9.17) is 14.7 Å². The van der Waals surface area contributed by atoms with E-state index < -0.39 is 0 Å². The van der Waals surface area contributed by atoms with E-state index in [0.29, 0.717) is 30.9 Å². The lowest BCUT2D eigenvalue weighted by Crippen LogP contribution is -2.46. The number of rotatable bonds is 1. The highest BCUT2D eigenvalue weighted by Crippen LogP contribution is 2.49. The summed E-state index contributed by atoms with van der Waals surface area (Å²) in [6.07, 6.45) is 4.56. The van der Waals surface area contributed by atoms with E-state index in [-0.39, 0.29) is 11.3 Å². The first-order valence-corrected chi connectivity index (χ1v) is 9.91. The number of nitriles is 1. The molecular weight excluding hydrogens is 352 g/mol. The molecule has 1 aliphatic carbocycles. The Morgan fingerprint density at radius 1 is 1.04 bits per heavy atom. The second-order valence-electron chi connectivity index (χ2n) is 7.99. The van der Waals surface area contributed by atoms with E-state index in [1.807, 2.05) is 4.90 Å². The van der Waals surface area contributed by atoms with Gasteiger partial charge in [0.1, 0.15) is 13.2 Å². The van der Waals surface area contributed by atoms with Crippen LogP contribution in [0.2, 0.25) is 0 Å². The molecular formula is C23H22N2O3. The summed E-state index contributed by atoms with van der Waals surface area (Å²) in [5.41, 5.74) is 3.70. The van der Waals surface area contributed by atoms with E-state index in [2.05, 4.69) is 18.2 Å². The molecule has 5 rings (SSSR count). The summed E-state index contributed by atoms with van der Waals surface area (Å²) < 4.78 is 11.6. The summed E-state index contributed by atoms with van der Waals surface area (Å²) in [6, 6.07) is 13.3. The van der Waals surface area contributed by atoms with Crippen molar-refractivity contribution in [2.45, 2.75) is 37.6 Å². The largest absolute Gasteiger partial charge is 0.486 e. The maximum atomic E-state index is 13.2. The van der Waals surface area contributed by atoms with Crippen LogP contribution < -0.4 is 9.47 Å². The number of carbonyl (C=O) groups is 1. The number of ether oxygens (including phenoxy) is 2. The maximum absolute atomic E-state index is 13.2. The Morgan fingerprint density at radius 3 is 2.39 bits per heavy atom. The number of hydrogen-bond acceptors (Lipinski definition) is 4. The summed E-state index contributed by atoms with van der Waals surface area (Å²) in [5, 5.41) is 8.99. The van der Waals surface area contributed by atoms with E-state index in [9.17, 15) is 4.79 Å². The summed E-state index contributed by atoms with van der Waals surface area (Å²) in [4.78, 5) is 15.2. The number of carbonyl (C=O) groups excluding carboxylic acids is 1. The Labute approximate surface area is 164 Å². The fourth-order valence-corrected chi connectivity index (χ4v) is 4.96.